The summed E-state index contributed by atoms with van der Waals surface area (Å²) in [7, 11) is -3.34. The van der Waals surface area contributed by atoms with Gasteiger partial charge in [-0.25, -0.2) is 13.4 Å². The lowest BCUT2D eigenvalue weighted by atomic mass is 10.3. The normalized spacial score (nSPS) is 21.3. The van der Waals surface area contributed by atoms with Gasteiger partial charge in [-0.3, -0.25) is 4.72 Å². The molecule has 1 aromatic heterocycles. The first kappa shape index (κ1) is 13.3. The van der Waals surface area contributed by atoms with E-state index in [1.54, 1.807) is 6.92 Å². The minimum atomic E-state index is -3.34. The molecule has 0 saturated heterocycles. The number of sulfonamides is 1. The summed E-state index contributed by atoms with van der Waals surface area (Å²) in [6.45, 7) is 2.23. The molecule has 1 unspecified atom stereocenters. The quantitative estimate of drug-likeness (QED) is 0.807. The standard InChI is InChI=1S/C12H19N3O2S2/c1-8(6-13-10-4-5-10)19(16,17)15-12-14-11(7-18-12)9-2-3-9/h7-10,13H,2-6H2,1H3,(H,14,15). The van der Waals surface area contributed by atoms with Gasteiger partial charge in [0.05, 0.1) is 10.9 Å². The van der Waals surface area contributed by atoms with E-state index in [2.05, 4.69) is 15.0 Å². The number of hydrogen-bond donors (Lipinski definition) is 2. The molecular weight excluding hydrogens is 282 g/mol. The average Bonchev–Trinajstić information content (AvgIpc) is 3.26. The molecule has 0 bridgehead atoms. The molecule has 2 saturated carbocycles. The fourth-order valence-electron chi connectivity index (χ4n) is 1.85. The van der Waals surface area contributed by atoms with Crippen LogP contribution in [-0.2, 0) is 10.0 Å². The van der Waals surface area contributed by atoms with E-state index >= 15 is 0 Å². The van der Waals surface area contributed by atoms with Gasteiger partial charge in [0.1, 0.15) is 0 Å². The van der Waals surface area contributed by atoms with Crippen molar-refractivity contribution < 1.29 is 8.42 Å². The zero-order valence-corrected chi connectivity index (χ0v) is 12.6. The van der Waals surface area contributed by atoms with Crippen molar-refractivity contribution in [3.63, 3.8) is 0 Å². The highest BCUT2D eigenvalue weighted by Crippen LogP contribution is 2.41. The molecule has 7 heteroatoms. The molecule has 19 heavy (non-hydrogen) atoms. The second-order valence-corrected chi connectivity index (χ2v) is 8.45. The van der Waals surface area contributed by atoms with Crippen molar-refractivity contribution in [2.24, 2.45) is 0 Å². The summed E-state index contributed by atoms with van der Waals surface area (Å²) in [5, 5.41) is 5.26. The smallest absolute Gasteiger partial charge is 0.238 e. The lowest BCUT2D eigenvalue weighted by molar-refractivity contribution is 0.576. The molecule has 0 aromatic carbocycles. The van der Waals surface area contributed by atoms with Gasteiger partial charge in [0.2, 0.25) is 10.0 Å². The van der Waals surface area contributed by atoms with Gasteiger partial charge < -0.3 is 5.32 Å². The molecular formula is C12H19N3O2S2. The third-order valence-corrected chi connectivity index (χ3v) is 6.16. The summed E-state index contributed by atoms with van der Waals surface area (Å²) in [5.74, 6) is 0.559. The van der Waals surface area contributed by atoms with E-state index in [0.717, 1.165) is 18.5 Å². The van der Waals surface area contributed by atoms with Gasteiger partial charge >= 0.3 is 0 Å². The minimum Gasteiger partial charge on any atom is -0.313 e. The van der Waals surface area contributed by atoms with E-state index in [1.165, 1.54) is 24.2 Å². The van der Waals surface area contributed by atoms with E-state index in [4.69, 9.17) is 0 Å². The van der Waals surface area contributed by atoms with Gasteiger partial charge in [0, 0.05) is 23.9 Å². The zero-order valence-electron chi connectivity index (χ0n) is 10.9. The van der Waals surface area contributed by atoms with Crippen molar-refractivity contribution in [3.8, 4) is 0 Å². The molecule has 2 aliphatic rings. The number of thiazole rings is 1. The maximum atomic E-state index is 12.1. The molecule has 2 fully saturated rings. The SMILES string of the molecule is CC(CNC1CC1)S(=O)(=O)Nc1nc(C2CC2)cs1. The van der Waals surface area contributed by atoms with E-state index in [1.807, 2.05) is 5.38 Å². The van der Waals surface area contributed by atoms with Crippen LogP contribution in [0.1, 0.15) is 44.2 Å². The molecule has 2 aliphatic carbocycles. The number of anilines is 1. The van der Waals surface area contributed by atoms with Gasteiger partial charge in [-0.1, -0.05) is 0 Å². The number of nitrogens with zero attached hydrogens (tertiary/aromatic N) is 1. The molecule has 0 amide bonds. The number of aromatic nitrogens is 1. The number of hydrogen-bond acceptors (Lipinski definition) is 5. The summed E-state index contributed by atoms with van der Waals surface area (Å²) < 4.78 is 26.9. The Balaban J connectivity index is 1.58. The molecule has 5 nitrogen and oxygen atoms in total. The zero-order chi connectivity index (χ0) is 13.5. The van der Waals surface area contributed by atoms with Crippen LogP contribution in [0.15, 0.2) is 5.38 Å². The van der Waals surface area contributed by atoms with Crippen molar-refractivity contribution in [2.45, 2.75) is 49.8 Å². The van der Waals surface area contributed by atoms with Crippen molar-refractivity contribution in [1.82, 2.24) is 10.3 Å². The summed E-state index contributed by atoms with van der Waals surface area (Å²) in [5.41, 5.74) is 1.03. The van der Waals surface area contributed by atoms with Crippen LogP contribution in [0.2, 0.25) is 0 Å². The van der Waals surface area contributed by atoms with Crippen LogP contribution in [-0.4, -0.2) is 31.2 Å². The Morgan fingerprint density at radius 2 is 2.16 bits per heavy atom. The lowest BCUT2D eigenvalue weighted by Crippen LogP contribution is -2.35. The summed E-state index contributed by atoms with van der Waals surface area (Å²) in [6, 6.07) is 0.527. The number of rotatable bonds is 7. The van der Waals surface area contributed by atoms with Crippen molar-refractivity contribution in [1.29, 1.82) is 0 Å². The molecule has 106 valence electrons. The predicted molar refractivity (Wildman–Crippen MR) is 77.1 cm³/mol. The molecule has 0 radical (unpaired) electrons. The van der Waals surface area contributed by atoms with Gasteiger partial charge in [0.25, 0.3) is 0 Å². The molecule has 0 aliphatic heterocycles. The first-order valence-corrected chi connectivity index (χ1v) is 9.17. The Kier molecular flexibility index (Phi) is 3.53. The molecule has 0 spiro atoms. The van der Waals surface area contributed by atoms with Gasteiger partial charge in [-0.2, -0.15) is 0 Å². The maximum Gasteiger partial charge on any atom is 0.238 e. The topological polar surface area (TPSA) is 71.1 Å². The predicted octanol–water partition coefficient (Wildman–Crippen LogP) is 1.90. The van der Waals surface area contributed by atoms with Crippen molar-refractivity contribution in [3.05, 3.63) is 11.1 Å². The van der Waals surface area contributed by atoms with Gasteiger partial charge in [-0.15, -0.1) is 11.3 Å². The fourth-order valence-corrected chi connectivity index (χ4v) is 3.83. The fraction of sp³-hybridized carbons (Fsp3) is 0.750. The third kappa shape index (κ3) is 3.46. The molecule has 1 aromatic rings. The summed E-state index contributed by atoms with van der Waals surface area (Å²) in [6.07, 6.45) is 4.68. The average molecular weight is 301 g/mol. The van der Waals surface area contributed by atoms with E-state index in [0.29, 0.717) is 23.6 Å². The minimum absolute atomic E-state index is 0.443. The van der Waals surface area contributed by atoms with Crippen molar-refractivity contribution >= 4 is 26.5 Å². The van der Waals surface area contributed by atoms with Crippen LogP contribution < -0.4 is 10.0 Å². The second-order valence-electron chi connectivity index (χ2n) is 5.49. The van der Waals surface area contributed by atoms with Crippen LogP contribution in [0.25, 0.3) is 0 Å². The van der Waals surface area contributed by atoms with Crippen LogP contribution in [0, 0.1) is 0 Å². The Bertz CT molecular complexity index is 547. The number of nitrogens with one attached hydrogen (secondary N) is 2. The first-order chi connectivity index (χ1) is 9.04. The van der Waals surface area contributed by atoms with E-state index in [-0.39, 0.29) is 0 Å². The summed E-state index contributed by atoms with van der Waals surface area (Å²) in [4.78, 5) is 4.36. The monoisotopic (exact) mass is 301 g/mol. The van der Waals surface area contributed by atoms with Crippen LogP contribution >= 0.6 is 11.3 Å². The second kappa shape index (κ2) is 5.03. The maximum absolute atomic E-state index is 12.1. The molecule has 3 rings (SSSR count). The Morgan fingerprint density at radius 1 is 1.42 bits per heavy atom. The van der Waals surface area contributed by atoms with E-state index < -0.39 is 15.3 Å². The first-order valence-electron chi connectivity index (χ1n) is 6.75. The van der Waals surface area contributed by atoms with Gasteiger partial charge in [0.15, 0.2) is 5.13 Å². The third-order valence-electron chi connectivity index (χ3n) is 3.55. The van der Waals surface area contributed by atoms with Crippen molar-refractivity contribution in [2.75, 3.05) is 11.3 Å². The molecule has 1 atom stereocenters. The molecule has 1 heterocycles. The van der Waals surface area contributed by atoms with Crippen LogP contribution in [0.3, 0.4) is 0 Å². The highest BCUT2D eigenvalue weighted by Gasteiger charge is 2.28. The largest absolute Gasteiger partial charge is 0.313 e. The van der Waals surface area contributed by atoms with Crippen LogP contribution in [0.4, 0.5) is 5.13 Å². The Hall–Kier alpha value is -0.660. The Labute approximate surface area is 117 Å². The highest BCUT2D eigenvalue weighted by atomic mass is 32.2. The lowest BCUT2D eigenvalue weighted by Gasteiger charge is -2.13. The summed E-state index contributed by atoms with van der Waals surface area (Å²) >= 11 is 1.38. The highest BCUT2D eigenvalue weighted by molar-refractivity contribution is 7.93. The Morgan fingerprint density at radius 3 is 2.79 bits per heavy atom. The van der Waals surface area contributed by atoms with Crippen LogP contribution in [0.5, 0.6) is 0 Å². The van der Waals surface area contributed by atoms with E-state index in [9.17, 15) is 8.42 Å². The van der Waals surface area contributed by atoms with Gasteiger partial charge in [-0.05, 0) is 32.6 Å². The molecule has 2 N–H and O–H groups in total.